The van der Waals surface area contributed by atoms with Gasteiger partial charge in [0.15, 0.2) is 0 Å². The van der Waals surface area contributed by atoms with E-state index in [1.54, 1.807) is 6.20 Å². The van der Waals surface area contributed by atoms with Crippen LogP contribution in [0.25, 0.3) is 0 Å². The molecule has 1 aromatic carbocycles. The Labute approximate surface area is 118 Å². The van der Waals surface area contributed by atoms with E-state index in [1.807, 2.05) is 11.6 Å². The van der Waals surface area contributed by atoms with Crippen LogP contribution in [0.4, 0.5) is 0 Å². The minimum absolute atomic E-state index is 0.152. The minimum atomic E-state index is -0.152. The first-order valence-electron chi connectivity index (χ1n) is 6.47. The van der Waals surface area contributed by atoms with Crippen LogP contribution >= 0.6 is 11.6 Å². The van der Waals surface area contributed by atoms with Crippen LogP contribution in [-0.4, -0.2) is 9.78 Å². The Balaban J connectivity index is 2.40. The first kappa shape index (κ1) is 14.1. The van der Waals surface area contributed by atoms with Gasteiger partial charge >= 0.3 is 0 Å². The van der Waals surface area contributed by atoms with Crippen LogP contribution in [0.3, 0.4) is 0 Å². The van der Waals surface area contributed by atoms with E-state index >= 15 is 0 Å². The maximum Gasteiger partial charge on any atom is 0.0893 e. The smallest absolute Gasteiger partial charge is 0.0893 e. The third kappa shape index (κ3) is 2.81. The lowest BCUT2D eigenvalue weighted by Crippen LogP contribution is -2.31. The van der Waals surface area contributed by atoms with Gasteiger partial charge in [-0.15, -0.1) is 0 Å². The lowest BCUT2D eigenvalue weighted by molar-refractivity contribution is 0.543. The van der Waals surface area contributed by atoms with Gasteiger partial charge in [-0.25, -0.2) is 5.43 Å². The van der Waals surface area contributed by atoms with Crippen molar-refractivity contribution in [2.24, 2.45) is 5.84 Å². The number of hydrogen-bond acceptors (Lipinski definition) is 3. The molecule has 2 rings (SSSR count). The summed E-state index contributed by atoms with van der Waals surface area (Å²) in [6.45, 7) is 4.92. The lowest BCUT2D eigenvalue weighted by Gasteiger charge is -2.18. The molecule has 0 amide bonds. The normalized spacial score (nSPS) is 12.6. The van der Waals surface area contributed by atoms with Gasteiger partial charge in [0.1, 0.15) is 0 Å². The molecular formula is C14H19ClN4. The molecule has 1 aromatic heterocycles. The summed E-state index contributed by atoms with van der Waals surface area (Å²) in [6, 6.07) is 8.22. The highest BCUT2D eigenvalue weighted by molar-refractivity contribution is 6.31. The number of nitrogens with one attached hydrogen (secondary N) is 1. The Kier molecular flexibility index (Phi) is 4.58. The number of aromatic nitrogens is 2. The molecule has 0 saturated heterocycles. The second kappa shape index (κ2) is 6.19. The van der Waals surface area contributed by atoms with E-state index in [9.17, 15) is 0 Å². The SMILES string of the molecule is CCc1ccc(C(NN)c2c(Cl)cnn2CC)cc1. The third-order valence-electron chi connectivity index (χ3n) is 3.29. The van der Waals surface area contributed by atoms with Crippen molar-refractivity contribution >= 4 is 11.6 Å². The fraction of sp³-hybridized carbons (Fsp3) is 0.357. The second-order valence-electron chi connectivity index (χ2n) is 4.39. The highest BCUT2D eigenvalue weighted by Crippen LogP contribution is 2.28. The Morgan fingerprint density at radius 2 is 2.00 bits per heavy atom. The van der Waals surface area contributed by atoms with E-state index < -0.39 is 0 Å². The van der Waals surface area contributed by atoms with Gasteiger partial charge in [-0.3, -0.25) is 10.5 Å². The molecular weight excluding hydrogens is 260 g/mol. The standard InChI is InChI=1S/C14H19ClN4/c1-3-10-5-7-11(8-6-10)13(18-16)14-12(15)9-17-19(14)4-2/h5-9,13,18H,3-4,16H2,1-2H3. The summed E-state index contributed by atoms with van der Waals surface area (Å²) in [7, 11) is 0. The molecule has 0 fully saturated rings. The van der Waals surface area contributed by atoms with E-state index in [4.69, 9.17) is 17.4 Å². The van der Waals surface area contributed by atoms with Crippen molar-refractivity contribution in [1.29, 1.82) is 0 Å². The zero-order chi connectivity index (χ0) is 13.8. The summed E-state index contributed by atoms with van der Waals surface area (Å²) in [6.07, 6.45) is 2.68. The average molecular weight is 279 g/mol. The Bertz CT molecular complexity index is 533. The number of nitrogens with two attached hydrogens (primary N) is 1. The first-order chi connectivity index (χ1) is 9.21. The van der Waals surface area contributed by atoms with Gasteiger partial charge in [-0.2, -0.15) is 5.10 Å². The molecule has 0 spiro atoms. The van der Waals surface area contributed by atoms with Crippen LogP contribution < -0.4 is 11.3 Å². The molecule has 0 saturated carbocycles. The largest absolute Gasteiger partial charge is 0.271 e. The van der Waals surface area contributed by atoms with Gasteiger partial charge < -0.3 is 0 Å². The van der Waals surface area contributed by atoms with Crippen molar-refractivity contribution in [2.45, 2.75) is 32.9 Å². The van der Waals surface area contributed by atoms with Crippen molar-refractivity contribution in [1.82, 2.24) is 15.2 Å². The zero-order valence-corrected chi connectivity index (χ0v) is 12.0. The molecule has 0 aliphatic rings. The van der Waals surface area contributed by atoms with Gasteiger partial charge in [0.25, 0.3) is 0 Å². The van der Waals surface area contributed by atoms with E-state index in [0.29, 0.717) is 5.02 Å². The monoisotopic (exact) mass is 278 g/mol. The molecule has 1 heterocycles. The number of halogens is 1. The quantitative estimate of drug-likeness (QED) is 0.653. The lowest BCUT2D eigenvalue weighted by atomic mass is 10.0. The molecule has 19 heavy (non-hydrogen) atoms. The topological polar surface area (TPSA) is 55.9 Å². The third-order valence-corrected chi connectivity index (χ3v) is 3.59. The summed E-state index contributed by atoms with van der Waals surface area (Å²) in [5, 5.41) is 4.88. The highest BCUT2D eigenvalue weighted by atomic mass is 35.5. The molecule has 0 aliphatic heterocycles. The van der Waals surface area contributed by atoms with Gasteiger partial charge in [0.05, 0.1) is 23.0 Å². The number of aryl methyl sites for hydroxylation is 2. The van der Waals surface area contributed by atoms with Crippen LogP contribution in [0, 0.1) is 0 Å². The van der Waals surface area contributed by atoms with Gasteiger partial charge in [-0.05, 0) is 24.5 Å². The molecule has 1 unspecified atom stereocenters. The number of rotatable bonds is 5. The van der Waals surface area contributed by atoms with Crippen molar-refractivity contribution in [3.05, 3.63) is 52.3 Å². The number of benzene rings is 1. The van der Waals surface area contributed by atoms with Crippen molar-refractivity contribution in [2.75, 3.05) is 0 Å². The van der Waals surface area contributed by atoms with Gasteiger partial charge in [0.2, 0.25) is 0 Å². The van der Waals surface area contributed by atoms with Crippen LogP contribution in [0.15, 0.2) is 30.5 Å². The van der Waals surface area contributed by atoms with Crippen LogP contribution in [0.2, 0.25) is 5.02 Å². The van der Waals surface area contributed by atoms with Crippen LogP contribution in [0.1, 0.15) is 36.7 Å². The number of hydrazine groups is 1. The molecule has 0 bridgehead atoms. The fourth-order valence-electron chi connectivity index (χ4n) is 2.19. The molecule has 4 nitrogen and oxygen atoms in total. The van der Waals surface area contributed by atoms with E-state index in [0.717, 1.165) is 24.2 Å². The molecule has 102 valence electrons. The first-order valence-corrected chi connectivity index (χ1v) is 6.85. The predicted octanol–water partition coefficient (Wildman–Crippen LogP) is 2.67. The van der Waals surface area contributed by atoms with Gasteiger partial charge in [-0.1, -0.05) is 42.8 Å². The van der Waals surface area contributed by atoms with Crippen molar-refractivity contribution in [3.63, 3.8) is 0 Å². The maximum atomic E-state index is 6.23. The van der Waals surface area contributed by atoms with Crippen molar-refractivity contribution < 1.29 is 0 Å². The summed E-state index contributed by atoms with van der Waals surface area (Å²) in [5.41, 5.74) is 6.11. The molecule has 1 atom stereocenters. The molecule has 3 N–H and O–H groups in total. The Hall–Kier alpha value is -1.36. The van der Waals surface area contributed by atoms with E-state index in [2.05, 4.69) is 41.7 Å². The molecule has 0 radical (unpaired) electrons. The molecule has 0 aliphatic carbocycles. The van der Waals surface area contributed by atoms with Crippen LogP contribution in [-0.2, 0) is 13.0 Å². The predicted molar refractivity (Wildman–Crippen MR) is 77.9 cm³/mol. The van der Waals surface area contributed by atoms with E-state index in [1.165, 1.54) is 5.56 Å². The fourth-order valence-corrected chi connectivity index (χ4v) is 2.44. The van der Waals surface area contributed by atoms with Gasteiger partial charge in [0, 0.05) is 6.54 Å². The summed E-state index contributed by atoms with van der Waals surface area (Å²) in [4.78, 5) is 0. The summed E-state index contributed by atoms with van der Waals surface area (Å²) in [5.74, 6) is 5.71. The number of hydrogen-bond donors (Lipinski definition) is 2. The second-order valence-corrected chi connectivity index (χ2v) is 4.80. The Morgan fingerprint density at radius 1 is 1.32 bits per heavy atom. The Morgan fingerprint density at radius 3 is 2.53 bits per heavy atom. The molecule has 2 aromatic rings. The number of nitrogens with zero attached hydrogens (tertiary/aromatic N) is 2. The van der Waals surface area contributed by atoms with E-state index in [-0.39, 0.29) is 6.04 Å². The van der Waals surface area contributed by atoms with Crippen LogP contribution in [0.5, 0.6) is 0 Å². The average Bonchev–Trinajstić information content (AvgIpc) is 2.82. The van der Waals surface area contributed by atoms with Crippen molar-refractivity contribution in [3.8, 4) is 0 Å². The summed E-state index contributed by atoms with van der Waals surface area (Å²) < 4.78 is 1.86. The molecule has 5 heteroatoms. The zero-order valence-electron chi connectivity index (χ0n) is 11.2. The summed E-state index contributed by atoms with van der Waals surface area (Å²) >= 11 is 6.23. The minimum Gasteiger partial charge on any atom is -0.271 e. The highest BCUT2D eigenvalue weighted by Gasteiger charge is 2.20. The maximum absolute atomic E-state index is 6.23.